The Morgan fingerprint density at radius 1 is 1.33 bits per heavy atom. The second-order valence-electron chi connectivity index (χ2n) is 2.87. The number of benzene rings is 1. The lowest BCUT2D eigenvalue weighted by atomic mass is 10.2. The Bertz CT molecular complexity index is 402. The molecule has 0 aliphatic rings. The number of aliphatic imine (C=N–C) groups is 1. The Morgan fingerprint density at radius 3 is 2.27 bits per heavy atom. The average molecular weight is 232 g/mol. The fourth-order valence-corrected chi connectivity index (χ4v) is 1.58. The maximum absolute atomic E-state index is 12.6. The quantitative estimate of drug-likeness (QED) is 0.446. The summed E-state index contributed by atoms with van der Waals surface area (Å²) in [6, 6.07) is 8.44. The lowest BCUT2D eigenvalue weighted by Gasteiger charge is -2.18. The van der Waals surface area contributed by atoms with Crippen molar-refractivity contribution in [3.63, 3.8) is 0 Å². The van der Waals surface area contributed by atoms with Crippen molar-refractivity contribution in [3.05, 3.63) is 35.9 Å². The number of amidine groups is 1. The number of hydrogen-bond acceptors (Lipinski definition) is 2. The molecule has 0 bridgehead atoms. The first-order valence-electron chi connectivity index (χ1n) is 4.22. The van der Waals surface area contributed by atoms with E-state index >= 15 is 0 Å². The summed E-state index contributed by atoms with van der Waals surface area (Å²) in [4.78, 5) is 3.72. The summed E-state index contributed by atoms with van der Waals surface area (Å²) in [7, 11) is -2.84. The van der Waals surface area contributed by atoms with Gasteiger partial charge in [0.25, 0.3) is 0 Å². The lowest BCUT2D eigenvalue weighted by Crippen LogP contribution is -2.22. The highest BCUT2D eigenvalue weighted by molar-refractivity contribution is 7.51. The minimum atomic E-state index is -5.29. The fraction of sp³-hybridized carbons (Fsp3) is 0.222. The number of hydrogen-bond donors (Lipinski definition) is 0. The summed E-state index contributed by atoms with van der Waals surface area (Å²) in [6.07, 6.45) is 0. The minimum absolute atomic E-state index is 0.0175. The highest BCUT2D eigenvalue weighted by Crippen LogP contribution is 2.52. The van der Waals surface area contributed by atoms with Gasteiger partial charge in [0, 0.05) is 19.7 Å². The molecule has 3 nitrogen and oxygen atoms in total. The molecule has 0 heterocycles. The van der Waals surface area contributed by atoms with Crippen LogP contribution in [0.1, 0.15) is 5.56 Å². The molecule has 0 aliphatic heterocycles. The van der Waals surface area contributed by atoms with E-state index in [0.29, 0.717) is 10.2 Å². The molecule has 0 fully saturated rings. The summed E-state index contributed by atoms with van der Waals surface area (Å²) in [5.74, 6) is 0.0175. The maximum Gasteiger partial charge on any atom is 0.511 e. The Balaban J connectivity index is 3.08. The van der Waals surface area contributed by atoms with Gasteiger partial charge in [-0.25, -0.2) is 4.57 Å². The van der Waals surface area contributed by atoms with E-state index in [4.69, 9.17) is 0 Å². The molecule has 0 N–H and O–H groups in total. The molecule has 0 aromatic heterocycles. The molecule has 82 valence electrons. The molecular formula is C9H11F2N2OP. The second-order valence-corrected chi connectivity index (χ2v) is 4.34. The van der Waals surface area contributed by atoms with Gasteiger partial charge in [-0.2, -0.15) is 0 Å². The van der Waals surface area contributed by atoms with E-state index in [2.05, 4.69) is 4.99 Å². The summed E-state index contributed by atoms with van der Waals surface area (Å²) >= 11 is 0. The molecule has 1 aromatic rings. The van der Waals surface area contributed by atoms with Gasteiger partial charge in [-0.1, -0.05) is 30.3 Å². The van der Waals surface area contributed by atoms with Gasteiger partial charge in [-0.05, 0) is 0 Å². The molecular weight excluding hydrogens is 221 g/mol. The highest BCUT2D eigenvalue weighted by Gasteiger charge is 2.29. The van der Waals surface area contributed by atoms with Crippen molar-refractivity contribution >= 4 is 13.7 Å². The Kier molecular flexibility index (Phi) is 3.58. The molecule has 15 heavy (non-hydrogen) atoms. The normalized spacial score (nSPS) is 12.7. The van der Waals surface area contributed by atoms with E-state index in [0.717, 1.165) is 7.05 Å². The van der Waals surface area contributed by atoms with Crippen molar-refractivity contribution in [2.45, 2.75) is 0 Å². The molecule has 1 rings (SSSR count). The number of halogens is 2. The number of rotatable bonds is 2. The van der Waals surface area contributed by atoms with Crippen molar-refractivity contribution in [1.29, 1.82) is 0 Å². The minimum Gasteiger partial charge on any atom is -0.271 e. The van der Waals surface area contributed by atoms with Gasteiger partial charge in [0.2, 0.25) is 0 Å². The topological polar surface area (TPSA) is 32.7 Å². The molecule has 0 atom stereocenters. The van der Waals surface area contributed by atoms with Gasteiger partial charge in [0.1, 0.15) is 5.84 Å². The van der Waals surface area contributed by atoms with Crippen LogP contribution in [-0.2, 0) is 4.57 Å². The largest absolute Gasteiger partial charge is 0.511 e. The van der Waals surface area contributed by atoms with Crippen LogP contribution in [-0.4, -0.2) is 24.6 Å². The van der Waals surface area contributed by atoms with Gasteiger partial charge in [0.15, 0.2) is 0 Å². The monoisotopic (exact) mass is 232 g/mol. The summed E-state index contributed by atoms with van der Waals surface area (Å²) in [5, 5.41) is 0. The predicted octanol–water partition coefficient (Wildman–Crippen LogP) is 3.04. The van der Waals surface area contributed by atoms with Gasteiger partial charge >= 0.3 is 7.91 Å². The van der Waals surface area contributed by atoms with E-state index in [-0.39, 0.29) is 5.84 Å². The molecule has 0 spiro atoms. The Morgan fingerprint density at radius 2 is 1.87 bits per heavy atom. The molecule has 6 heteroatoms. The van der Waals surface area contributed by atoms with E-state index in [1.54, 1.807) is 30.3 Å². The first-order chi connectivity index (χ1) is 6.96. The lowest BCUT2D eigenvalue weighted by molar-refractivity contribution is 0.445. The van der Waals surface area contributed by atoms with Crippen LogP contribution in [0.4, 0.5) is 8.39 Å². The molecule has 0 aliphatic carbocycles. The van der Waals surface area contributed by atoms with Crippen LogP contribution in [0.2, 0.25) is 0 Å². The van der Waals surface area contributed by atoms with Crippen molar-refractivity contribution in [3.8, 4) is 0 Å². The van der Waals surface area contributed by atoms with Crippen LogP contribution < -0.4 is 0 Å². The van der Waals surface area contributed by atoms with Crippen molar-refractivity contribution in [2.24, 2.45) is 4.99 Å². The summed E-state index contributed by atoms with van der Waals surface area (Å²) < 4.78 is 36.3. The molecule has 1 aromatic carbocycles. The first kappa shape index (κ1) is 11.9. The van der Waals surface area contributed by atoms with E-state index in [1.807, 2.05) is 0 Å². The highest BCUT2D eigenvalue weighted by atomic mass is 31.2. The van der Waals surface area contributed by atoms with Crippen LogP contribution in [0.25, 0.3) is 0 Å². The van der Waals surface area contributed by atoms with Crippen LogP contribution in [0.15, 0.2) is 35.3 Å². The summed E-state index contributed by atoms with van der Waals surface area (Å²) in [5.41, 5.74) is 0.512. The van der Waals surface area contributed by atoms with Gasteiger partial charge in [-0.3, -0.25) is 9.66 Å². The van der Waals surface area contributed by atoms with Gasteiger partial charge in [0.05, 0.1) is 0 Å². The van der Waals surface area contributed by atoms with E-state index in [9.17, 15) is 13.0 Å². The fourth-order valence-electron chi connectivity index (χ4n) is 1.16. The van der Waals surface area contributed by atoms with Crippen molar-refractivity contribution in [2.75, 3.05) is 14.1 Å². The van der Waals surface area contributed by atoms with Crippen LogP contribution in [0.3, 0.4) is 0 Å². The van der Waals surface area contributed by atoms with Crippen LogP contribution in [0, 0.1) is 0 Å². The zero-order valence-electron chi connectivity index (χ0n) is 8.39. The maximum atomic E-state index is 12.6. The van der Waals surface area contributed by atoms with E-state index in [1.165, 1.54) is 7.05 Å². The molecule has 0 amide bonds. The molecule has 0 saturated heterocycles. The standard InChI is InChI=1S/C9H11F2N2OP/c1-12-9(13(2)15(10,11)14)8-6-4-3-5-7-8/h3-7H,1-2H3. The SMILES string of the molecule is CN=C(c1ccccc1)N(C)P(=O)(F)F. The Labute approximate surface area is 87.1 Å². The van der Waals surface area contributed by atoms with Gasteiger partial charge in [-0.15, -0.1) is 8.39 Å². The third kappa shape index (κ3) is 2.86. The van der Waals surface area contributed by atoms with Crippen molar-refractivity contribution in [1.82, 2.24) is 4.67 Å². The number of nitrogens with zero attached hydrogens (tertiary/aromatic N) is 2. The third-order valence-electron chi connectivity index (χ3n) is 1.90. The van der Waals surface area contributed by atoms with E-state index < -0.39 is 7.91 Å². The van der Waals surface area contributed by atoms with Crippen LogP contribution >= 0.6 is 7.91 Å². The molecule has 0 radical (unpaired) electrons. The second kappa shape index (κ2) is 4.53. The average Bonchev–Trinajstić information content (AvgIpc) is 2.19. The van der Waals surface area contributed by atoms with Crippen LogP contribution in [0.5, 0.6) is 0 Å². The van der Waals surface area contributed by atoms with Crippen molar-refractivity contribution < 1.29 is 13.0 Å². The van der Waals surface area contributed by atoms with Gasteiger partial charge < -0.3 is 0 Å². The first-order valence-corrected chi connectivity index (χ1v) is 5.66. The Hall–Kier alpha value is -1.22. The smallest absolute Gasteiger partial charge is 0.271 e. The molecule has 0 saturated carbocycles. The zero-order chi connectivity index (χ0) is 11.5. The zero-order valence-corrected chi connectivity index (χ0v) is 9.29. The summed E-state index contributed by atoms with van der Waals surface area (Å²) in [6.45, 7) is 0. The predicted molar refractivity (Wildman–Crippen MR) is 56.5 cm³/mol. The third-order valence-corrected chi connectivity index (χ3v) is 2.79. The molecule has 0 unspecified atom stereocenters.